The van der Waals surface area contributed by atoms with Crippen LogP contribution in [-0.4, -0.2) is 11.0 Å². The fourth-order valence-corrected chi connectivity index (χ4v) is 2.01. The smallest absolute Gasteiger partial charge is 0.228 e. The van der Waals surface area contributed by atoms with Gasteiger partial charge in [-0.25, -0.2) is 0 Å². The Hall–Kier alpha value is -2.40. The van der Waals surface area contributed by atoms with Crippen LogP contribution in [-0.2, 0) is 11.4 Å². The summed E-state index contributed by atoms with van der Waals surface area (Å²) in [5.41, 5.74) is 1.92. The monoisotopic (exact) mass is 328 g/mol. The molecule has 4 nitrogen and oxygen atoms in total. The highest BCUT2D eigenvalue weighted by atomic mass is 32.1. The molecule has 1 amide bonds. The summed E-state index contributed by atoms with van der Waals surface area (Å²) in [6.07, 6.45) is 0. The molecule has 0 aliphatic heterocycles. The Morgan fingerprint density at radius 2 is 1.74 bits per heavy atom. The van der Waals surface area contributed by atoms with E-state index in [4.69, 9.17) is 17.0 Å². The maximum Gasteiger partial charge on any atom is 0.228 e. The maximum atomic E-state index is 11.6. The molecule has 0 atom stereocenters. The van der Waals surface area contributed by atoms with E-state index in [1.165, 1.54) is 0 Å². The van der Waals surface area contributed by atoms with E-state index in [1.54, 1.807) is 0 Å². The summed E-state index contributed by atoms with van der Waals surface area (Å²) < 4.78 is 5.72. The molecule has 0 aromatic heterocycles. The topological polar surface area (TPSA) is 50.4 Å². The van der Waals surface area contributed by atoms with Crippen molar-refractivity contribution in [1.29, 1.82) is 0 Å². The minimum atomic E-state index is -0.108. The Labute approximate surface area is 141 Å². The number of benzene rings is 2. The van der Waals surface area contributed by atoms with Crippen molar-refractivity contribution in [3.8, 4) is 5.75 Å². The van der Waals surface area contributed by atoms with Crippen LogP contribution >= 0.6 is 12.2 Å². The van der Waals surface area contributed by atoms with Crippen molar-refractivity contribution < 1.29 is 9.53 Å². The second-order valence-electron chi connectivity index (χ2n) is 5.40. The Morgan fingerprint density at radius 1 is 1.09 bits per heavy atom. The van der Waals surface area contributed by atoms with Crippen molar-refractivity contribution in [2.24, 2.45) is 5.92 Å². The number of rotatable bonds is 5. The van der Waals surface area contributed by atoms with Crippen molar-refractivity contribution >= 4 is 28.9 Å². The number of ether oxygens (including phenoxy) is 1. The molecule has 0 fully saturated rings. The zero-order chi connectivity index (χ0) is 16.7. The van der Waals surface area contributed by atoms with E-state index < -0.39 is 0 Å². The van der Waals surface area contributed by atoms with Gasteiger partial charge in [0, 0.05) is 11.6 Å². The standard InChI is InChI=1S/C18H20N2O2S/c1-13(2)17(21)20-18(23)19-15-8-10-16(11-9-15)22-12-14-6-4-3-5-7-14/h3-11,13H,12H2,1-2H3,(H2,19,20,21,23). The van der Waals surface area contributed by atoms with Gasteiger partial charge in [-0.05, 0) is 42.0 Å². The van der Waals surface area contributed by atoms with Crippen molar-refractivity contribution in [2.45, 2.75) is 20.5 Å². The number of carbonyl (C=O) groups is 1. The fourth-order valence-electron chi connectivity index (χ4n) is 1.79. The van der Waals surface area contributed by atoms with Gasteiger partial charge in [0.05, 0.1) is 0 Å². The Kier molecular flexibility index (Phi) is 6.11. The molecule has 0 bridgehead atoms. The molecule has 120 valence electrons. The molecular weight excluding hydrogens is 308 g/mol. The average Bonchev–Trinajstić information content (AvgIpc) is 2.55. The molecule has 0 heterocycles. The maximum absolute atomic E-state index is 11.6. The number of amides is 1. The van der Waals surface area contributed by atoms with Crippen LogP contribution in [0.15, 0.2) is 54.6 Å². The molecule has 0 radical (unpaired) electrons. The quantitative estimate of drug-likeness (QED) is 0.821. The van der Waals surface area contributed by atoms with Crippen LogP contribution in [0.2, 0.25) is 0 Å². The van der Waals surface area contributed by atoms with E-state index in [2.05, 4.69) is 10.6 Å². The third kappa shape index (κ3) is 5.71. The first-order valence-electron chi connectivity index (χ1n) is 7.43. The predicted molar refractivity (Wildman–Crippen MR) is 96.4 cm³/mol. The minimum Gasteiger partial charge on any atom is -0.489 e. The molecule has 2 rings (SSSR count). The van der Waals surface area contributed by atoms with Crippen LogP contribution in [0, 0.1) is 5.92 Å². The van der Waals surface area contributed by atoms with E-state index in [0.29, 0.717) is 11.7 Å². The SMILES string of the molecule is CC(C)C(=O)NC(=S)Nc1ccc(OCc2ccccc2)cc1. The average molecular weight is 328 g/mol. The van der Waals surface area contributed by atoms with Gasteiger partial charge in [-0.15, -0.1) is 0 Å². The second kappa shape index (κ2) is 8.29. The Balaban J connectivity index is 1.84. The van der Waals surface area contributed by atoms with Gasteiger partial charge in [-0.1, -0.05) is 44.2 Å². The number of nitrogens with one attached hydrogen (secondary N) is 2. The van der Waals surface area contributed by atoms with Gasteiger partial charge in [0.1, 0.15) is 12.4 Å². The largest absolute Gasteiger partial charge is 0.489 e. The first-order valence-corrected chi connectivity index (χ1v) is 7.84. The van der Waals surface area contributed by atoms with Gasteiger partial charge in [-0.3, -0.25) is 4.79 Å². The summed E-state index contributed by atoms with van der Waals surface area (Å²) in [5.74, 6) is 0.561. The van der Waals surface area contributed by atoms with Crippen molar-refractivity contribution in [3.05, 3.63) is 60.2 Å². The van der Waals surface area contributed by atoms with E-state index in [9.17, 15) is 4.79 Å². The molecule has 0 aliphatic carbocycles. The van der Waals surface area contributed by atoms with Gasteiger partial charge in [0.25, 0.3) is 0 Å². The first-order chi connectivity index (χ1) is 11.0. The summed E-state index contributed by atoms with van der Waals surface area (Å²) in [4.78, 5) is 11.6. The van der Waals surface area contributed by atoms with Crippen LogP contribution < -0.4 is 15.4 Å². The van der Waals surface area contributed by atoms with E-state index >= 15 is 0 Å². The third-order valence-electron chi connectivity index (χ3n) is 3.12. The molecule has 2 N–H and O–H groups in total. The van der Waals surface area contributed by atoms with E-state index in [1.807, 2.05) is 68.4 Å². The Morgan fingerprint density at radius 3 is 2.35 bits per heavy atom. The number of thiocarbonyl (C=S) groups is 1. The molecule has 23 heavy (non-hydrogen) atoms. The van der Waals surface area contributed by atoms with E-state index in [0.717, 1.165) is 17.0 Å². The summed E-state index contributed by atoms with van der Waals surface area (Å²) in [6, 6.07) is 17.4. The van der Waals surface area contributed by atoms with Gasteiger partial charge < -0.3 is 15.4 Å². The summed E-state index contributed by atoms with van der Waals surface area (Å²) in [5, 5.41) is 5.91. The first kappa shape index (κ1) is 17.0. The van der Waals surface area contributed by atoms with Gasteiger partial charge in [0.15, 0.2) is 5.11 Å². The lowest BCUT2D eigenvalue weighted by molar-refractivity contribution is -0.122. The molecule has 5 heteroatoms. The summed E-state index contributed by atoms with van der Waals surface area (Å²) in [6.45, 7) is 4.16. The van der Waals surface area contributed by atoms with Crippen molar-refractivity contribution in [2.75, 3.05) is 5.32 Å². The summed E-state index contributed by atoms with van der Waals surface area (Å²) in [7, 11) is 0. The zero-order valence-corrected chi connectivity index (χ0v) is 14.0. The molecule has 2 aromatic rings. The van der Waals surface area contributed by atoms with Crippen LogP contribution in [0.1, 0.15) is 19.4 Å². The van der Waals surface area contributed by atoms with Crippen LogP contribution in [0.3, 0.4) is 0 Å². The van der Waals surface area contributed by atoms with Gasteiger partial charge in [0.2, 0.25) is 5.91 Å². The van der Waals surface area contributed by atoms with Crippen LogP contribution in [0.25, 0.3) is 0 Å². The van der Waals surface area contributed by atoms with Crippen molar-refractivity contribution in [1.82, 2.24) is 5.32 Å². The van der Waals surface area contributed by atoms with Crippen molar-refractivity contribution in [3.63, 3.8) is 0 Å². The van der Waals surface area contributed by atoms with Gasteiger partial charge >= 0.3 is 0 Å². The number of hydrogen-bond donors (Lipinski definition) is 2. The molecule has 0 spiro atoms. The molecule has 0 aliphatic rings. The molecule has 0 saturated heterocycles. The zero-order valence-electron chi connectivity index (χ0n) is 13.2. The number of carbonyl (C=O) groups excluding carboxylic acids is 1. The van der Waals surface area contributed by atoms with E-state index in [-0.39, 0.29) is 11.8 Å². The highest BCUT2D eigenvalue weighted by Gasteiger charge is 2.08. The second-order valence-corrected chi connectivity index (χ2v) is 5.80. The minimum absolute atomic E-state index is 0.106. The lowest BCUT2D eigenvalue weighted by atomic mass is 10.2. The summed E-state index contributed by atoms with van der Waals surface area (Å²) >= 11 is 5.11. The van der Waals surface area contributed by atoms with Crippen LogP contribution in [0.4, 0.5) is 5.69 Å². The number of anilines is 1. The fraction of sp³-hybridized carbons (Fsp3) is 0.222. The molecule has 2 aromatic carbocycles. The lowest BCUT2D eigenvalue weighted by Gasteiger charge is -2.12. The molecular formula is C18H20N2O2S. The van der Waals surface area contributed by atoms with Gasteiger partial charge in [-0.2, -0.15) is 0 Å². The predicted octanol–water partition coefficient (Wildman–Crippen LogP) is 3.73. The third-order valence-corrected chi connectivity index (χ3v) is 3.33. The Bertz CT molecular complexity index is 654. The normalized spacial score (nSPS) is 10.2. The number of hydrogen-bond acceptors (Lipinski definition) is 3. The highest BCUT2D eigenvalue weighted by molar-refractivity contribution is 7.80. The highest BCUT2D eigenvalue weighted by Crippen LogP contribution is 2.17. The molecule has 0 unspecified atom stereocenters. The molecule has 0 saturated carbocycles. The lowest BCUT2D eigenvalue weighted by Crippen LogP contribution is -2.36. The van der Waals surface area contributed by atoms with Crippen LogP contribution in [0.5, 0.6) is 5.75 Å².